The highest BCUT2D eigenvalue weighted by molar-refractivity contribution is 6.06. The molecule has 7 heteroatoms. The van der Waals surface area contributed by atoms with E-state index in [9.17, 15) is 20.0 Å². The van der Waals surface area contributed by atoms with Crippen LogP contribution in [0, 0.1) is 23.2 Å². The summed E-state index contributed by atoms with van der Waals surface area (Å²) < 4.78 is 0. The first kappa shape index (κ1) is 21.6. The van der Waals surface area contributed by atoms with Crippen molar-refractivity contribution in [1.29, 1.82) is 5.26 Å². The summed E-state index contributed by atoms with van der Waals surface area (Å²) in [5.74, 6) is 1.38. The predicted octanol–water partition coefficient (Wildman–Crippen LogP) is 3.89. The number of hydrogen-bond acceptors (Lipinski definition) is 4. The fourth-order valence-electron chi connectivity index (χ4n) is 5.75. The average molecular weight is 425 g/mol. The SMILES string of the molecule is CC(C)C1CCC(N2CCC(N3C(=O)C(NC(=O)O)c4cc(C#N)ccc43)CC2)CC1. The number of likely N-dealkylation sites (tertiary alicyclic amines) is 1. The highest BCUT2D eigenvalue weighted by atomic mass is 16.4. The summed E-state index contributed by atoms with van der Waals surface area (Å²) in [4.78, 5) is 28.8. The monoisotopic (exact) mass is 424 g/mol. The Morgan fingerprint density at radius 3 is 2.39 bits per heavy atom. The number of carbonyl (C=O) groups is 2. The van der Waals surface area contributed by atoms with Gasteiger partial charge in [-0.3, -0.25) is 4.79 Å². The molecule has 31 heavy (non-hydrogen) atoms. The van der Waals surface area contributed by atoms with Gasteiger partial charge in [0, 0.05) is 36.4 Å². The fourth-order valence-corrected chi connectivity index (χ4v) is 5.75. The number of rotatable bonds is 4. The first-order chi connectivity index (χ1) is 14.9. The number of nitrogens with zero attached hydrogens (tertiary/aromatic N) is 3. The van der Waals surface area contributed by atoms with Gasteiger partial charge in [0.1, 0.15) is 6.04 Å². The summed E-state index contributed by atoms with van der Waals surface area (Å²) in [6.45, 7) is 6.59. The Kier molecular flexibility index (Phi) is 6.19. The Morgan fingerprint density at radius 1 is 1.13 bits per heavy atom. The maximum absolute atomic E-state index is 13.2. The van der Waals surface area contributed by atoms with E-state index >= 15 is 0 Å². The third-order valence-corrected chi connectivity index (χ3v) is 7.54. The Labute approximate surface area is 184 Å². The van der Waals surface area contributed by atoms with Crippen LogP contribution in [-0.4, -0.2) is 47.2 Å². The van der Waals surface area contributed by atoms with Crippen LogP contribution in [-0.2, 0) is 4.79 Å². The molecule has 1 aromatic carbocycles. The smallest absolute Gasteiger partial charge is 0.405 e. The topological polar surface area (TPSA) is 96.7 Å². The van der Waals surface area contributed by atoms with Crippen molar-refractivity contribution in [2.75, 3.05) is 18.0 Å². The molecule has 4 rings (SSSR count). The molecule has 2 amide bonds. The first-order valence-corrected chi connectivity index (χ1v) is 11.5. The number of piperidine rings is 1. The van der Waals surface area contributed by atoms with Crippen molar-refractivity contribution >= 4 is 17.7 Å². The summed E-state index contributed by atoms with van der Waals surface area (Å²) in [6.07, 6.45) is 5.68. The number of carboxylic acid groups (broad SMARTS) is 1. The summed E-state index contributed by atoms with van der Waals surface area (Å²) in [5.41, 5.74) is 1.75. The van der Waals surface area contributed by atoms with Crippen LogP contribution < -0.4 is 10.2 Å². The number of nitrogens with one attached hydrogen (secondary N) is 1. The average Bonchev–Trinajstić information content (AvgIpc) is 3.04. The van der Waals surface area contributed by atoms with Gasteiger partial charge in [0.2, 0.25) is 0 Å². The van der Waals surface area contributed by atoms with Crippen molar-refractivity contribution in [3.8, 4) is 6.07 Å². The largest absolute Gasteiger partial charge is 0.465 e. The molecule has 2 aliphatic heterocycles. The number of anilines is 1. The lowest BCUT2D eigenvalue weighted by Gasteiger charge is -2.43. The lowest BCUT2D eigenvalue weighted by Crippen LogP contribution is -2.51. The standard InChI is InChI=1S/C24H32N4O3/c1-15(2)17-4-6-18(7-5-17)27-11-9-19(10-12-27)28-21-8-3-16(14-25)13-20(21)22(23(28)29)26-24(30)31/h3,8,13,15,17-19,22,26H,4-7,9-12H2,1-2H3,(H,30,31). The van der Waals surface area contributed by atoms with Crippen LogP contribution in [0.3, 0.4) is 0 Å². The van der Waals surface area contributed by atoms with Crippen LogP contribution >= 0.6 is 0 Å². The van der Waals surface area contributed by atoms with Gasteiger partial charge in [-0.15, -0.1) is 0 Å². The van der Waals surface area contributed by atoms with Crippen molar-refractivity contribution in [2.45, 2.75) is 70.5 Å². The van der Waals surface area contributed by atoms with Crippen LogP contribution in [0.4, 0.5) is 10.5 Å². The molecule has 1 atom stereocenters. The van der Waals surface area contributed by atoms with E-state index in [0.29, 0.717) is 17.2 Å². The lowest BCUT2D eigenvalue weighted by atomic mass is 9.79. The third-order valence-electron chi connectivity index (χ3n) is 7.54. The number of carbonyl (C=O) groups excluding carboxylic acids is 1. The third kappa shape index (κ3) is 4.27. The van der Waals surface area contributed by atoms with E-state index < -0.39 is 12.1 Å². The molecule has 1 aliphatic carbocycles. The van der Waals surface area contributed by atoms with Crippen molar-refractivity contribution < 1.29 is 14.7 Å². The van der Waals surface area contributed by atoms with E-state index in [4.69, 9.17) is 0 Å². The van der Waals surface area contributed by atoms with E-state index in [1.54, 1.807) is 23.1 Å². The van der Waals surface area contributed by atoms with Crippen molar-refractivity contribution in [3.05, 3.63) is 29.3 Å². The molecule has 0 aromatic heterocycles. The van der Waals surface area contributed by atoms with Crippen molar-refractivity contribution in [2.24, 2.45) is 11.8 Å². The number of fused-ring (bicyclic) bond motifs is 1. The molecule has 0 radical (unpaired) electrons. The zero-order chi connectivity index (χ0) is 22.1. The van der Waals surface area contributed by atoms with Crippen molar-refractivity contribution in [1.82, 2.24) is 10.2 Å². The second kappa shape index (κ2) is 8.88. The van der Waals surface area contributed by atoms with Gasteiger partial charge in [-0.1, -0.05) is 13.8 Å². The Morgan fingerprint density at radius 2 is 1.81 bits per heavy atom. The molecule has 2 fully saturated rings. The molecule has 2 N–H and O–H groups in total. The van der Waals surface area contributed by atoms with Gasteiger partial charge in [0.25, 0.3) is 5.91 Å². The first-order valence-electron chi connectivity index (χ1n) is 11.5. The quantitative estimate of drug-likeness (QED) is 0.764. The second-order valence-corrected chi connectivity index (χ2v) is 9.56. The number of hydrogen-bond donors (Lipinski definition) is 2. The van der Waals surface area contributed by atoms with Crippen LogP contribution in [0.5, 0.6) is 0 Å². The molecule has 3 aliphatic rings. The van der Waals surface area contributed by atoms with Crippen LogP contribution in [0.1, 0.15) is 69.5 Å². The van der Waals surface area contributed by atoms with E-state index in [-0.39, 0.29) is 11.9 Å². The lowest BCUT2D eigenvalue weighted by molar-refractivity contribution is -0.120. The minimum atomic E-state index is -1.24. The molecule has 1 saturated heterocycles. The molecule has 7 nitrogen and oxygen atoms in total. The number of nitriles is 1. The van der Waals surface area contributed by atoms with Crippen molar-refractivity contribution in [3.63, 3.8) is 0 Å². The Hall–Kier alpha value is -2.59. The van der Waals surface area contributed by atoms with E-state index in [0.717, 1.165) is 43.5 Å². The zero-order valence-corrected chi connectivity index (χ0v) is 18.4. The molecule has 1 saturated carbocycles. The molecule has 166 valence electrons. The molecule has 2 heterocycles. The molecular formula is C24H32N4O3. The van der Waals surface area contributed by atoms with Crippen LogP contribution in [0.25, 0.3) is 0 Å². The van der Waals surface area contributed by atoms with Gasteiger partial charge >= 0.3 is 6.09 Å². The zero-order valence-electron chi connectivity index (χ0n) is 18.4. The Bertz CT molecular complexity index is 877. The normalized spacial score (nSPS) is 27.2. The second-order valence-electron chi connectivity index (χ2n) is 9.56. The van der Waals surface area contributed by atoms with Gasteiger partial charge in [-0.05, 0) is 68.6 Å². The molecule has 0 bridgehead atoms. The molecular weight excluding hydrogens is 392 g/mol. The summed E-state index contributed by atoms with van der Waals surface area (Å²) in [5, 5.41) is 20.8. The highest BCUT2D eigenvalue weighted by Gasteiger charge is 2.43. The van der Waals surface area contributed by atoms with Crippen LogP contribution in [0.15, 0.2) is 18.2 Å². The number of benzene rings is 1. The minimum Gasteiger partial charge on any atom is -0.465 e. The summed E-state index contributed by atoms with van der Waals surface area (Å²) in [6, 6.07) is 6.97. The minimum absolute atomic E-state index is 0.0584. The highest BCUT2D eigenvalue weighted by Crippen LogP contribution is 2.40. The molecule has 1 unspecified atom stereocenters. The van der Waals surface area contributed by atoms with Gasteiger partial charge in [0.15, 0.2) is 0 Å². The predicted molar refractivity (Wildman–Crippen MR) is 118 cm³/mol. The Balaban J connectivity index is 1.44. The van der Waals surface area contributed by atoms with Gasteiger partial charge in [-0.25, -0.2) is 4.79 Å². The van der Waals surface area contributed by atoms with Gasteiger partial charge in [0.05, 0.1) is 11.6 Å². The van der Waals surface area contributed by atoms with E-state index in [2.05, 4.69) is 30.1 Å². The number of amides is 2. The maximum Gasteiger partial charge on any atom is 0.405 e. The molecule has 1 aromatic rings. The van der Waals surface area contributed by atoms with Gasteiger partial charge in [-0.2, -0.15) is 5.26 Å². The fraction of sp³-hybridized carbons (Fsp3) is 0.625. The maximum atomic E-state index is 13.2. The van der Waals surface area contributed by atoms with E-state index in [1.165, 1.54) is 25.7 Å². The van der Waals surface area contributed by atoms with Gasteiger partial charge < -0.3 is 20.2 Å². The summed E-state index contributed by atoms with van der Waals surface area (Å²) >= 11 is 0. The molecule has 0 spiro atoms. The van der Waals surface area contributed by atoms with Crippen LogP contribution in [0.2, 0.25) is 0 Å². The van der Waals surface area contributed by atoms with E-state index in [1.807, 2.05) is 0 Å². The summed E-state index contributed by atoms with van der Waals surface area (Å²) in [7, 11) is 0.